The standard InChI is InChI=1S/C17H21N3O/c18-11-13-4-3-6-15(10-13)19-17(21)12-20-9-8-14-5-1-2-7-16(14)20/h3-4,6,10,14,16H,1-2,5,7-9,12H2,(H,19,21). The van der Waals surface area contributed by atoms with Gasteiger partial charge in [0.05, 0.1) is 18.2 Å². The van der Waals surface area contributed by atoms with Crippen LogP contribution >= 0.6 is 0 Å². The van der Waals surface area contributed by atoms with Gasteiger partial charge in [0.2, 0.25) is 5.91 Å². The van der Waals surface area contributed by atoms with Crippen molar-refractivity contribution < 1.29 is 4.79 Å². The molecule has 2 unspecified atom stereocenters. The second kappa shape index (κ2) is 6.28. The number of hydrogen-bond acceptors (Lipinski definition) is 3. The van der Waals surface area contributed by atoms with Crippen molar-refractivity contribution in [2.75, 3.05) is 18.4 Å². The predicted molar refractivity (Wildman–Crippen MR) is 81.7 cm³/mol. The lowest BCUT2D eigenvalue weighted by Gasteiger charge is -2.31. The Bertz CT molecular complexity index is 563. The molecule has 0 spiro atoms. The van der Waals surface area contributed by atoms with Gasteiger partial charge < -0.3 is 5.32 Å². The quantitative estimate of drug-likeness (QED) is 0.928. The summed E-state index contributed by atoms with van der Waals surface area (Å²) in [6, 6.07) is 9.77. The summed E-state index contributed by atoms with van der Waals surface area (Å²) < 4.78 is 0. The first-order valence-electron chi connectivity index (χ1n) is 7.80. The van der Waals surface area contributed by atoms with E-state index in [2.05, 4.69) is 16.3 Å². The van der Waals surface area contributed by atoms with Gasteiger partial charge in [0.1, 0.15) is 0 Å². The first-order valence-corrected chi connectivity index (χ1v) is 7.80. The van der Waals surface area contributed by atoms with Crippen molar-refractivity contribution >= 4 is 11.6 Å². The summed E-state index contributed by atoms with van der Waals surface area (Å²) in [5, 5.41) is 11.8. The van der Waals surface area contributed by atoms with E-state index in [1.807, 2.05) is 6.07 Å². The lowest BCUT2D eigenvalue weighted by Crippen LogP contribution is -2.39. The molecule has 1 saturated heterocycles. The minimum Gasteiger partial charge on any atom is -0.325 e. The van der Waals surface area contributed by atoms with Gasteiger partial charge in [-0.05, 0) is 49.9 Å². The molecule has 1 saturated carbocycles. The fourth-order valence-corrected chi connectivity index (χ4v) is 3.75. The molecular weight excluding hydrogens is 262 g/mol. The SMILES string of the molecule is N#Cc1cccc(NC(=O)CN2CCC3CCCCC32)c1. The smallest absolute Gasteiger partial charge is 0.238 e. The van der Waals surface area contributed by atoms with Gasteiger partial charge in [-0.3, -0.25) is 9.69 Å². The molecule has 0 aromatic heterocycles. The van der Waals surface area contributed by atoms with Crippen LogP contribution in [0.3, 0.4) is 0 Å². The highest BCUT2D eigenvalue weighted by Gasteiger charge is 2.36. The van der Waals surface area contributed by atoms with Crippen LogP contribution in [0.15, 0.2) is 24.3 Å². The molecule has 1 heterocycles. The Hall–Kier alpha value is -1.86. The molecule has 21 heavy (non-hydrogen) atoms. The second-order valence-electron chi connectivity index (χ2n) is 6.11. The lowest BCUT2D eigenvalue weighted by molar-refractivity contribution is -0.117. The van der Waals surface area contributed by atoms with Gasteiger partial charge in [0, 0.05) is 11.7 Å². The van der Waals surface area contributed by atoms with Gasteiger partial charge in [0.15, 0.2) is 0 Å². The Morgan fingerprint density at radius 1 is 1.33 bits per heavy atom. The number of carbonyl (C=O) groups is 1. The summed E-state index contributed by atoms with van der Waals surface area (Å²) in [5.41, 5.74) is 1.28. The number of nitriles is 1. The molecule has 2 atom stereocenters. The molecular formula is C17H21N3O. The lowest BCUT2D eigenvalue weighted by atomic mass is 9.85. The molecule has 1 aliphatic carbocycles. The molecule has 1 amide bonds. The maximum atomic E-state index is 12.2. The minimum atomic E-state index is 0.0244. The number of nitrogens with one attached hydrogen (secondary N) is 1. The van der Waals surface area contributed by atoms with E-state index < -0.39 is 0 Å². The van der Waals surface area contributed by atoms with E-state index in [1.165, 1.54) is 32.1 Å². The Labute approximate surface area is 125 Å². The Morgan fingerprint density at radius 3 is 3.05 bits per heavy atom. The molecule has 2 aliphatic rings. The molecule has 0 radical (unpaired) electrons. The first kappa shape index (κ1) is 14.1. The molecule has 4 nitrogen and oxygen atoms in total. The predicted octanol–water partition coefficient (Wildman–Crippen LogP) is 2.76. The van der Waals surface area contributed by atoms with Gasteiger partial charge in [-0.15, -0.1) is 0 Å². The number of anilines is 1. The van der Waals surface area contributed by atoms with Crippen molar-refractivity contribution in [1.29, 1.82) is 5.26 Å². The molecule has 1 aromatic carbocycles. The fraction of sp³-hybridized carbons (Fsp3) is 0.529. The van der Waals surface area contributed by atoms with E-state index in [-0.39, 0.29) is 5.91 Å². The van der Waals surface area contributed by atoms with Crippen LogP contribution in [-0.4, -0.2) is 29.9 Å². The maximum absolute atomic E-state index is 12.2. The van der Waals surface area contributed by atoms with Crippen molar-refractivity contribution in [1.82, 2.24) is 4.90 Å². The van der Waals surface area contributed by atoms with Crippen LogP contribution in [0.2, 0.25) is 0 Å². The average Bonchev–Trinajstić information content (AvgIpc) is 2.91. The molecule has 1 N–H and O–H groups in total. The topological polar surface area (TPSA) is 56.1 Å². The van der Waals surface area contributed by atoms with Gasteiger partial charge in [0.25, 0.3) is 0 Å². The van der Waals surface area contributed by atoms with Crippen LogP contribution in [-0.2, 0) is 4.79 Å². The summed E-state index contributed by atoms with van der Waals surface area (Å²) in [7, 11) is 0. The maximum Gasteiger partial charge on any atom is 0.238 e. The number of hydrogen-bond donors (Lipinski definition) is 1. The molecule has 110 valence electrons. The highest BCUT2D eigenvalue weighted by atomic mass is 16.2. The molecule has 2 fully saturated rings. The number of likely N-dealkylation sites (tertiary alicyclic amines) is 1. The van der Waals surface area contributed by atoms with Crippen LogP contribution in [0.25, 0.3) is 0 Å². The zero-order chi connectivity index (χ0) is 14.7. The van der Waals surface area contributed by atoms with Crippen molar-refractivity contribution in [2.24, 2.45) is 5.92 Å². The van der Waals surface area contributed by atoms with Crippen LogP contribution in [0.5, 0.6) is 0 Å². The van der Waals surface area contributed by atoms with Crippen LogP contribution in [0.1, 0.15) is 37.7 Å². The third kappa shape index (κ3) is 3.25. The van der Waals surface area contributed by atoms with Crippen LogP contribution in [0.4, 0.5) is 5.69 Å². The number of rotatable bonds is 3. The third-order valence-electron chi connectivity index (χ3n) is 4.75. The molecule has 3 rings (SSSR count). The van der Waals surface area contributed by atoms with E-state index in [1.54, 1.807) is 18.2 Å². The summed E-state index contributed by atoms with van der Waals surface area (Å²) >= 11 is 0. The van der Waals surface area contributed by atoms with Crippen LogP contribution < -0.4 is 5.32 Å². The van der Waals surface area contributed by atoms with E-state index in [4.69, 9.17) is 5.26 Å². The zero-order valence-electron chi connectivity index (χ0n) is 12.2. The van der Waals surface area contributed by atoms with Crippen molar-refractivity contribution in [3.05, 3.63) is 29.8 Å². The van der Waals surface area contributed by atoms with E-state index >= 15 is 0 Å². The summed E-state index contributed by atoms with van der Waals surface area (Å²) in [4.78, 5) is 14.5. The number of amides is 1. The monoisotopic (exact) mass is 283 g/mol. The Balaban J connectivity index is 1.58. The Morgan fingerprint density at radius 2 is 2.19 bits per heavy atom. The average molecular weight is 283 g/mol. The second-order valence-corrected chi connectivity index (χ2v) is 6.11. The highest BCUT2D eigenvalue weighted by molar-refractivity contribution is 5.92. The highest BCUT2D eigenvalue weighted by Crippen LogP contribution is 2.35. The number of benzene rings is 1. The summed E-state index contributed by atoms with van der Waals surface area (Å²) in [6.07, 6.45) is 6.45. The zero-order valence-corrected chi connectivity index (χ0v) is 12.2. The number of fused-ring (bicyclic) bond motifs is 1. The normalized spacial score (nSPS) is 25.1. The van der Waals surface area contributed by atoms with E-state index in [0.29, 0.717) is 23.8 Å². The minimum absolute atomic E-state index is 0.0244. The largest absolute Gasteiger partial charge is 0.325 e. The summed E-state index contributed by atoms with van der Waals surface area (Å²) in [6.45, 7) is 1.51. The van der Waals surface area contributed by atoms with Gasteiger partial charge in [-0.25, -0.2) is 0 Å². The van der Waals surface area contributed by atoms with E-state index in [9.17, 15) is 4.79 Å². The molecule has 1 aliphatic heterocycles. The van der Waals surface area contributed by atoms with Gasteiger partial charge >= 0.3 is 0 Å². The number of nitrogens with zero attached hydrogens (tertiary/aromatic N) is 2. The molecule has 1 aromatic rings. The molecule has 0 bridgehead atoms. The molecule has 4 heteroatoms. The fourth-order valence-electron chi connectivity index (χ4n) is 3.75. The van der Waals surface area contributed by atoms with Gasteiger partial charge in [-0.1, -0.05) is 18.9 Å². The van der Waals surface area contributed by atoms with Gasteiger partial charge in [-0.2, -0.15) is 5.26 Å². The van der Waals surface area contributed by atoms with Crippen molar-refractivity contribution in [2.45, 2.75) is 38.1 Å². The first-order chi connectivity index (χ1) is 10.3. The van der Waals surface area contributed by atoms with Crippen molar-refractivity contribution in [3.8, 4) is 6.07 Å². The van der Waals surface area contributed by atoms with Crippen molar-refractivity contribution in [3.63, 3.8) is 0 Å². The third-order valence-corrected chi connectivity index (χ3v) is 4.75. The van der Waals surface area contributed by atoms with E-state index in [0.717, 1.165) is 12.5 Å². The summed E-state index contributed by atoms with van der Waals surface area (Å²) in [5.74, 6) is 0.824. The number of carbonyl (C=O) groups excluding carboxylic acids is 1. The Kier molecular flexibility index (Phi) is 4.21. The van der Waals surface area contributed by atoms with Crippen LogP contribution in [0, 0.1) is 17.2 Å².